The number of nitrogens with zero attached hydrogens (tertiary/aromatic N) is 1. The molecule has 0 aliphatic heterocycles. The highest BCUT2D eigenvalue weighted by Gasteiger charge is 2.31. The first-order valence-corrected chi connectivity index (χ1v) is 8.68. The van der Waals surface area contributed by atoms with Gasteiger partial charge < -0.3 is 20.7 Å². The molecule has 0 rings (SSSR count). The molecule has 7 heteroatoms. The van der Waals surface area contributed by atoms with Crippen LogP contribution in [0.1, 0.15) is 40.0 Å². The molecule has 2 amide bonds. The molecule has 0 heterocycles. The van der Waals surface area contributed by atoms with E-state index >= 15 is 0 Å². The monoisotopic (exact) mass is 355 g/mol. The van der Waals surface area contributed by atoms with Crippen molar-refractivity contribution >= 4 is 17.8 Å². The van der Waals surface area contributed by atoms with Crippen molar-refractivity contribution in [1.29, 1.82) is 0 Å². The van der Waals surface area contributed by atoms with Crippen molar-refractivity contribution in [2.24, 2.45) is 17.6 Å². The second-order valence-electron chi connectivity index (χ2n) is 6.74. The molecule has 0 fully saturated rings. The molecular weight excluding hydrogens is 322 g/mol. The number of hydrogen-bond donors (Lipinski definition) is 2. The Labute approximate surface area is 151 Å². The van der Waals surface area contributed by atoms with Crippen LogP contribution in [0.4, 0.5) is 0 Å². The van der Waals surface area contributed by atoms with Crippen LogP contribution < -0.4 is 11.1 Å². The fraction of sp³-hybridized carbons (Fsp3) is 0.722. The standard InChI is InChI=1S/C18H33N3O4/c1-7-9-13(17(23)21(5)6)11-15(18(24)25-8-2)20-16(22)14(19)10-12(3)4/h7,12-15H,1,8-11,19H2,2-6H3,(H,20,22)/t13?,14?,15-/m0/s1. The van der Waals surface area contributed by atoms with Crippen LogP contribution in [-0.2, 0) is 19.1 Å². The molecule has 0 bridgehead atoms. The Balaban J connectivity index is 5.20. The molecule has 25 heavy (non-hydrogen) atoms. The Morgan fingerprint density at radius 2 is 1.84 bits per heavy atom. The van der Waals surface area contributed by atoms with E-state index in [0.717, 1.165) is 0 Å². The maximum absolute atomic E-state index is 12.3. The molecule has 0 aromatic carbocycles. The van der Waals surface area contributed by atoms with Crippen LogP contribution in [0.15, 0.2) is 12.7 Å². The first kappa shape index (κ1) is 23.1. The summed E-state index contributed by atoms with van der Waals surface area (Å²) in [6, 6.07) is -1.63. The number of hydrogen-bond acceptors (Lipinski definition) is 5. The molecule has 0 saturated heterocycles. The molecule has 7 nitrogen and oxygen atoms in total. The van der Waals surface area contributed by atoms with E-state index in [2.05, 4.69) is 11.9 Å². The third-order valence-electron chi connectivity index (χ3n) is 3.71. The average Bonchev–Trinajstić information content (AvgIpc) is 2.52. The molecule has 0 aliphatic carbocycles. The largest absolute Gasteiger partial charge is 0.464 e. The van der Waals surface area contributed by atoms with Crippen molar-refractivity contribution in [3.05, 3.63) is 12.7 Å². The first-order valence-electron chi connectivity index (χ1n) is 8.68. The third kappa shape index (κ3) is 8.67. The Bertz CT molecular complexity index is 463. The summed E-state index contributed by atoms with van der Waals surface area (Å²) >= 11 is 0. The van der Waals surface area contributed by atoms with E-state index in [1.54, 1.807) is 27.1 Å². The van der Waals surface area contributed by atoms with Gasteiger partial charge in [0.2, 0.25) is 11.8 Å². The lowest BCUT2D eigenvalue weighted by atomic mass is 9.94. The third-order valence-corrected chi connectivity index (χ3v) is 3.71. The average molecular weight is 355 g/mol. The van der Waals surface area contributed by atoms with Crippen LogP contribution in [0.3, 0.4) is 0 Å². The van der Waals surface area contributed by atoms with Crippen molar-refractivity contribution in [2.75, 3.05) is 20.7 Å². The molecule has 0 aromatic rings. The fourth-order valence-electron chi connectivity index (χ4n) is 2.50. The van der Waals surface area contributed by atoms with E-state index in [1.165, 1.54) is 4.90 Å². The lowest BCUT2D eigenvalue weighted by molar-refractivity contribution is -0.148. The second-order valence-corrected chi connectivity index (χ2v) is 6.74. The highest BCUT2D eigenvalue weighted by molar-refractivity contribution is 5.88. The van der Waals surface area contributed by atoms with E-state index in [1.807, 2.05) is 13.8 Å². The lowest BCUT2D eigenvalue weighted by Gasteiger charge is -2.25. The Morgan fingerprint density at radius 1 is 1.24 bits per heavy atom. The molecule has 2 unspecified atom stereocenters. The van der Waals surface area contributed by atoms with Crippen LogP contribution in [0.5, 0.6) is 0 Å². The van der Waals surface area contributed by atoms with Gasteiger partial charge in [-0.1, -0.05) is 19.9 Å². The summed E-state index contributed by atoms with van der Waals surface area (Å²) in [5.74, 6) is -1.32. The Kier molecular flexibility index (Phi) is 10.7. The van der Waals surface area contributed by atoms with Crippen LogP contribution >= 0.6 is 0 Å². The SMILES string of the molecule is C=CCC(C[C@H](NC(=O)C(N)CC(C)C)C(=O)OCC)C(=O)N(C)C. The highest BCUT2D eigenvalue weighted by atomic mass is 16.5. The number of ether oxygens (including phenoxy) is 1. The number of nitrogens with two attached hydrogens (primary N) is 1. The second kappa shape index (κ2) is 11.6. The fourth-order valence-corrected chi connectivity index (χ4v) is 2.50. The topological polar surface area (TPSA) is 102 Å². The molecule has 3 N–H and O–H groups in total. The van der Waals surface area contributed by atoms with Gasteiger partial charge in [0.1, 0.15) is 6.04 Å². The van der Waals surface area contributed by atoms with Crippen LogP contribution in [0, 0.1) is 11.8 Å². The van der Waals surface area contributed by atoms with E-state index in [4.69, 9.17) is 10.5 Å². The summed E-state index contributed by atoms with van der Waals surface area (Å²) in [5, 5.41) is 2.65. The number of allylic oxidation sites excluding steroid dienone is 1. The van der Waals surface area contributed by atoms with Crippen LogP contribution in [-0.4, -0.2) is 55.5 Å². The summed E-state index contributed by atoms with van der Waals surface area (Å²) in [7, 11) is 3.30. The highest BCUT2D eigenvalue weighted by Crippen LogP contribution is 2.16. The zero-order valence-electron chi connectivity index (χ0n) is 16.1. The molecule has 3 atom stereocenters. The zero-order valence-corrected chi connectivity index (χ0v) is 16.1. The van der Waals surface area contributed by atoms with E-state index in [-0.39, 0.29) is 24.9 Å². The van der Waals surface area contributed by atoms with Crippen LogP contribution in [0.2, 0.25) is 0 Å². The summed E-state index contributed by atoms with van der Waals surface area (Å²) in [6.07, 6.45) is 2.68. The van der Waals surface area contributed by atoms with Crippen molar-refractivity contribution in [1.82, 2.24) is 10.2 Å². The van der Waals surface area contributed by atoms with Gasteiger partial charge in [-0.3, -0.25) is 9.59 Å². The van der Waals surface area contributed by atoms with Crippen molar-refractivity contribution in [3.63, 3.8) is 0 Å². The number of rotatable bonds is 11. The number of esters is 1. The van der Waals surface area contributed by atoms with Gasteiger partial charge in [0, 0.05) is 20.0 Å². The molecule has 0 aliphatic rings. The first-order chi connectivity index (χ1) is 11.6. The van der Waals surface area contributed by atoms with Crippen molar-refractivity contribution in [3.8, 4) is 0 Å². The maximum Gasteiger partial charge on any atom is 0.328 e. The predicted molar refractivity (Wildman–Crippen MR) is 97.6 cm³/mol. The number of nitrogens with one attached hydrogen (secondary N) is 1. The molecular formula is C18H33N3O4. The van der Waals surface area contributed by atoms with Crippen molar-refractivity contribution < 1.29 is 19.1 Å². The number of carbonyl (C=O) groups is 3. The van der Waals surface area contributed by atoms with E-state index in [0.29, 0.717) is 12.8 Å². The van der Waals surface area contributed by atoms with Gasteiger partial charge in [0.25, 0.3) is 0 Å². The minimum Gasteiger partial charge on any atom is -0.464 e. The quantitative estimate of drug-likeness (QED) is 0.426. The number of carbonyl (C=O) groups excluding carboxylic acids is 3. The molecule has 0 spiro atoms. The molecule has 0 radical (unpaired) electrons. The van der Waals surface area contributed by atoms with Gasteiger partial charge >= 0.3 is 5.97 Å². The van der Waals surface area contributed by atoms with E-state index in [9.17, 15) is 14.4 Å². The summed E-state index contributed by atoms with van der Waals surface area (Å²) in [4.78, 5) is 38.3. The zero-order chi connectivity index (χ0) is 19.6. The Hall–Kier alpha value is -1.89. The smallest absolute Gasteiger partial charge is 0.328 e. The summed E-state index contributed by atoms with van der Waals surface area (Å²) in [5.41, 5.74) is 5.88. The Morgan fingerprint density at radius 3 is 2.28 bits per heavy atom. The van der Waals surface area contributed by atoms with Crippen molar-refractivity contribution in [2.45, 2.75) is 52.1 Å². The van der Waals surface area contributed by atoms with E-state index < -0.39 is 29.9 Å². The normalized spacial score (nSPS) is 14.4. The van der Waals surface area contributed by atoms with Crippen LogP contribution in [0.25, 0.3) is 0 Å². The molecule has 0 aromatic heterocycles. The minimum absolute atomic E-state index is 0.130. The van der Waals surface area contributed by atoms with Gasteiger partial charge in [0.15, 0.2) is 0 Å². The lowest BCUT2D eigenvalue weighted by Crippen LogP contribution is -2.50. The number of amides is 2. The predicted octanol–water partition coefficient (Wildman–Crippen LogP) is 1.08. The van der Waals surface area contributed by atoms with Gasteiger partial charge in [-0.25, -0.2) is 4.79 Å². The van der Waals surface area contributed by atoms with Gasteiger partial charge in [-0.2, -0.15) is 0 Å². The van der Waals surface area contributed by atoms with Gasteiger partial charge in [0.05, 0.1) is 12.6 Å². The maximum atomic E-state index is 12.3. The minimum atomic E-state index is -0.917. The van der Waals surface area contributed by atoms with Gasteiger partial charge in [-0.05, 0) is 32.1 Å². The summed E-state index contributed by atoms with van der Waals surface area (Å²) in [6.45, 7) is 9.47. The molecule has 144 valence electrons. The molecule has 0 saturated carbocycles. The van der Waals surface area contributed by atoms with Gasteiger partial charge in [-0.15, -0.1) is 6.58 Å². The summed E-state index contributed by atoms with van der Waals surface area (Å²) < 4.78 is 5.04.